The van der Waals surface area contributed by atoms with E-state index in [0.717, 1.165) is 17.8 Å². The lowest BCUT2D eigenvalue weighted by Crippen LogP contribution is -2.51. The number of hydrogen-bond donors (Lipinski definition) is 2. The number of aromatic nitrogens is 1. The molecule has 0 unspecified atom stereocenters. The molecule has 1 aromatic heterocycles. The Bertz CT molecular complexity index is 1000. The maximum absolute atomic E-state index is 13.1. The zero-order chi connectivity index (χ0) is 24.0. The van der Waals surface area contributed by atoms with Crippen molar-refractivity contribution in [2.75, 3.05) is 19.7 Å². The minimum absolute atomic E-state index is 0.106. The van der Waals surface area contributed by atoms with Crippen LogP contribution in [0.2, 0.25) is 5.02 Å². The third-order valence-electron chi connectivity index (χ3n) is 5.16. The Balaban J connectivity index is 1.53. The molecule has 2 aromatic rings. The molecule has 1 aliphatic heterocycles. The highest BCUT2D eigenvalue weighted by Gasteiger charge is 2.37. The summed E-state index contributed by atoms with van der Waals surface area (Å²) in [7, 11) is 0. The van der Waals surface area contributed by atoms with E-state index < -0.39 is 17.6 Å². The molecule has 0 spiro atoms. The Kier molecular flexibility index (Phi) is 8.15. The number of hydrazine groups is 1. The zero-order valence-electron chi connectivity index (χ0n) is 18.7. The SMILES string of the molecule is CCOC(=O)NNC(=O)c1csc(C2CCN(C(=O)C(C)(C)Oc3ccccc3Cl)CC2)n1. The molecule has 3 rings (SSSR count). The van der Waals surface area contributed by atoms with E-state index in [4.69, 9.17) is 21.1 Å². The van der Waals surface area contributed by atoms with Crippen LogP contribution < -0.4 is 15.6 Å². The maximum Gasteiger partial charge on any atom is 0.426 e. The number of halogens is 1. The van der Waals surface area contributed by atoms with Gasteiger partial charge in [0.1, 0.15) is 11.4 Å². The van der Waals surface area contributed by atoms with Crippen molar-refractivity contribution in [2.45, 2.75) is 45.1 Å². The third-order valence-corrected chi connectivity index (χ3v) is 6.48. The summed E-state index contributed by atoms with van der Waals surface area (Å²) in [6.07, 6.45) is 0.715. The maximum atomic E-state index is 13.1. The van der Waals surface area contributed by atoms with Crippen LogP contribution >= 0.6 is 22.9 Å². The lowest BCUT2D eigenvalue weighted by molar-refractivity contribution is -0.146. The molecule has 33 heavy (non-hydrogen) atoms. The number of amides is 3. The van der Waals surface area contributed by atoms with E-state index in [0.29, 0.717) is 23.9 Å². The number of thiazole rings is 1. The average Bonchev–Trinajstić information content (AvgIpc) is 3.29. The number of hydrogen-bond acceptors (Lipinski definition) is 7. The second-order valence-electron chi connectivity index (χ2n) is 7.98. The number of para-hydroxylation sites is 1. The molecule has 178 valence electrons. The van der Waals surface area contributed by atoms with Crippen molar-refractivity contribution in [2.24, 2.45) is 0 Å². The van der Waals surface area contributed by atoms with Crippen LogP contribution in [0.4, 0.5) is 4.79 Å². The van der Waals surface area contributed by atoms with E-state index in [1.807, 2.05) is 6.07 Å². The molecular formula is C22H27ClN4O5S. The predicted octanol–water partition coefficient (Wildman–Crippen LogP) is 3.75. The number of benzene rings is 1. The number of carbonyl (C=O) groups excluding carboxylic acids is 3. The Labute approximate surface area is 201 Å². The van der Waals surface area contributed by atoms with Crippen LogP contribution in [-0.4, -0.2) is 53.1 Å². The van der Waals surface area contributed by atoms with Gasteiger partial charge in [0.2, 0.25) is 0 Å². The highest BCUT2D eigenvalue weighted by atomic mass is 35.5. The molecule has 0 saturated carbocycles. The van der Waals surface area contributed by atoms with E-state index in [-0.39, 0.29) is 24.1 Å². The smallest absolute Gasteiger partial charge is 0.426 e. The van der Waals surface area contributed by atoms with Crippen LogP contribution in [0.5, 0.6) is 5.75 Å². The van der Waals surface area contributed by atoms with Crippen molar-refractivity contribution in [1.29, 1.82) is 0 Å². The fourth-order valence-electron chi connectivity index (χ4n) is 3.47. The minimum Gasteiger partial charge on any atom is -0.476 e. The summed E-state index contributed by atoms with van der Waals surface area (Å²) in [6, 6.07) is 7.07. The van der Waals surface area contributed by atoms with Gasteiger partial charge in [-0.15, -0.1) is 11.3 Å². The van der Waals surface area contributed by atoms with Crippen LogP contribution in [0.3, 0.4) is 0 Å². The number of piperidine rings is 1. The lowest BCUT2D eigenvalue weighted by Gasteiger charge is -2.36. The molecule has 0 aliphatic carbocycles. The van der Waals surface area contributed by atoms with Crippen molar-refractivity contribution in [3.8, 4) is 5.75 Å². The highest BCUT2D eigenvalue weighted by molar-refractivity contribution is 7.09. The van der Waals surface area contributed by atoms with Crippen LogP contribution in [-0.2, 0) is 9.53 Å². The highest BCUT2D eigenvalue weighted by Crippen LogP contribution is 2.32. The fraction of sp³-hybridized carbons (Fsp3) is 0.455. The molecule has 2 N–H and O–H groups in total. The molecule has 2 heterocycles. The minimum atomic E-state index is -1.06. The van der Waals surface area contributed by atoms with Gasteiger partial charge in [-0.2, -0.15) is 0 Å². The number of carbonyl (C=O) groups is 3. The molecule has 0 atom stereocenters. The Morgan fingerprint density at radius 1 is 1.21 bits per heavy atom. The van der Waals surface area contributed by atoms with Crippen LogP contribution in [0.1, 0.15) is 55.0 Å². The average molecular weight is 495 g/mol. The van der Waals surface area contributed by atoms with Gasteiger partial charge >= 0.3 is 6.09 Å². The summed E-state index contributed by atoms with van der Waals surface area (Å²) in [5.41, 5.74) is 3.59. The molecule has 9 nitrogen and oxygen atoms in total. The van der Waals surface area contributed by atoms with Crippen LogP contribution in [0.25, 0.3) is 0 Å². The van der Waals surface area contributed by atoms with E-state index in [1.165, 1.54) is 11.3 Å². The van der Waals surface area contributed by atoms with E-state index in [9.17, 15) is 14.4 Å². The topological polar surface area (TPSA) is 110 Å². The molecule has 0 bridgehead atoms. The number of ether oxygens (including phenoxy) is 2. The van der Waals surface area contributed by atoms with E-state index >= 15 is 0 Å². The summed E-state index contributed by atoms with van der Waals surface area (Å²) in [5.74, 6) is -0.00796. The first-order chi connectivity index (χ1) is 15.7. The van der Waals surface area contributed by atoms with Crippen LogP contribution in [0.15, 0.2) is 29.6 Å². The van der Waals surface area contributed by atoms with Crippen molar-refractivity contribution in [3.05, 3.63) is 45.4 Å². The first-order valence-corrected chi connectivity index (χ1v) is 11.9. The van der Waals surface area contributed by atoms with Gasteiger partial charge in [0.15, 0.2) is 5.60 Å². The van der Waals surface area contributed by atoms with Crippen molar-refractivity contribution < 1.29 is 23.9 Å². The number of rotatable bonds is 6. The van der Waals surface area contributed by atoms with Crippen molar-refractivity contribution in [3.63, 3.8) is 0 Å². The summed E-state index contributed by atoms with van der Waals surface area (Å²) in [4.78, 5) is 42.8. The monoisotopic (exact) mass is 494 g/mol. The summed E-state index contributed by atoms with van der Waals surface area (Å²) in [5, 5.41) is 2.93. The number of nitrogens with zero attached hydrogens (tertiary/aromatic N) is 2. The Morgan fingerprint density at radius 2 is 1.91 bits per heavy atom. The summed E-state index contributed by atoms with van der Waals surface area (Å²) >= 11 is 7.56. The Hall–Kier alpha value is -2.85. The normalized spacial score (nSPS) is 14.5. The van der Waals surface area contributed by atoms with Crippen molar-refractivity contribution >= 4 is 40.8 Å². The first-order valence-electron chi connectivity index (χ1n) is 10.6. The molecule has 3 amide bonds. The quantitative estimate of drug-likeness (QED) is 0.592. The third kappa shape index (κ3) is 6.35. The first kappa shape index (κ1) is 24.8. The molecule has 1 fully saturated rings. The lowest BCUT2D eigenvalue weighted by atomic mass is 9.96. The predicted molar refractivity (Wildman–Crippen MR) is 124 cm³/mol. The van der Waals surface area contributed by atoms with E-state index in [2.05, 4.69) is 15.8 Å². The van der Waals surface area contributed by atoms with Gasteiger partial charge in [-0.3, -0.25) is 15.0 Å². The molecular weight excluding hydrogens is 468 g/mol. The van der Waals surface area contributed by atoms with Gasteiger partial charge in [-0.05, 0) is 45.7 Å². The van der Waals surface area contributed by atoms with Gasteiger partial charge < -0.3 is 14.4 Å². The summed E-state index contributed by atoms with van der Waals surface area (Å²) in [6.45, 7) is 6.46. The van der Waals surface area contributed by atoms with Gasteiger partial charge in [0.05, 0.1) is 16.6 Å². The number of likely N-dealkylation sites (tertiary alicyclic amines) is 1. The largest absolute Gasteiger partial charge is 0.476 e. The van der Waals surface area contributed by atoms with Crippen molar-refractivity contribution in [1.82, 2.24) is 20.7 Å². The zero-order valence-corrected chi connectivity index (χ0v) is 20.3. The molecule has 1 aliphatic rings. The second kappa shape index (κ2) is 10.8. The van der Waals surface area contributed by atoms with E-state index in [1.54, 1.807) is 49.3 Å². The molecule has 11 heteroatoms. The molecule has 1 aromatic carbocycles. The van der Waals surface area contributed by atoms with Gasteiger partial charge in [-0.25, -0.2) is 15.2 Å². The number of nitrogens with one attached hydrogen (secondary N) is 2. The standard InChI is InChI=1S/C22H27ClN4O5S/c1-4-31-21(30)26-25-18(28)16-13-33-19(24-16)14-9-11-27(12-10-14)20(29)22(2,3)32-17-8-6-5-7-15(17)23/h5-8,13-14H,4,9-12H2,1-3H3,(H,25,28)(H,26,30). The van der Waals surface area contributed by atoms with Gasteiger partial charge in [0.25, 0.3) is 11.8 Å². The summed E-state index contributed by atoms with van der Waals surface area (Å²) < 4.78 is 10.6. The second-order valence-corrected chi connectivity index (χ2v) is 9.28. The Morgan fingerprint density at radius 3 is 2.58 bits per heavy atom. The fourth-order valence-corrected chi connectivity index (χ4v) is 4.62. The molecule has 1 saturated heterocycles. The van der Waals surface area contributed by atoms with Gasteiger partial charge in [0, 0.05) is 24.4 Å². The van der Waals surface area contributed by atoms with Gasteiger partial charge in [-0.1, -0.05) is 23.7 Å². The molecule has 0 radical (unpaired) electrons. The van der Waals surface area contributed by atoms with Crippen LogP contribution in [0, 0.1) is 0 Å².